The summed E-state index contributed by atoms with van der Waals surface area (Å²) >= 11 is 0. The largest absolute Gasteiger partial charge is 0.344 e. The van der Waals surface area contributed by atoms with Crippen LogP contribution in [0.25, 0.3) is 0 Å². The van der Waals surface area contributed by atoms with Crippen LogP contribution < -0.4 is 5.32 Å². The van der Waals surface area contributed by atoms with E-state index in [0.29, 0.717) is 11.6 Å². The first-order chi connectivity index (χ1) is 9.66. The monoisotopic (exact) mass is 268 g/mol. The SMILES string of the molecule is CC(C)C[C@H](NC(=O)c1ccccn1)c1ccccc1. The van der Waals surface area contributed by atoms with Gasteiger partial charge < -0.3 is 5.32 Å². The molecule has 0 aliphatic heterocycles. The van der Waals surface area contributed by atoms with Crippen molar-refractivity contribution < 1.29 is 4.79 Å². The number of nitrogens with one attached hydrogen (secondary N) is 1. The average Bonchev–Trinajstić information content (AvgIpc) is 2.48. The fraction of sp³-hybridized carbons (Fsp3) is 0.294. The fourth-order valence-electron chi connectivity index (χ4n) is 2.16. The third-order valence-corrected chi connectivity index (χ3v) is 3.11. The van der Waals surface area contributed by atoms with Crippen LogP contribution in [0.4, 0.5) is 0 Å². The molecule has 1 N–H and O–H groups in total. The molecule has 0 bridgehead atoms. The highest BCUT2D eigenvalue weighted by atomic mass is 16.1. The van der Waals surface area contributed by atoms with Gasteiger partial charge in [0.25, 0.3) is 5.91 Å². The van der Waals surface area contributed by atoms with E-state index in [9.17, 15) is 4.79 Å². The Morgan fingerprint density at radius 2 is 1.80 bits per heavy atom. The third-order valence-electron chi connectivity index (χ3n) is 3.11. The van der Waals surface area contributed by atoms with Crippen molar-refractivity contribution in [1.82, 2.24) is 10.3 Å². The van der Waals surface area contributed by atoms with Gasteiger partial charge in [-0.3, -0.25) is 9.78 Å². The Morgan fingerprint density at radius 3 is 2.40 bits per heavy atom. The fourth-order valence-corrected chi connectivity index (χ4v) is 2.16. The van der Waals surface area contributed by atoms with Crippen molar-refractivity contribution >= 4 is 5.91 Å². The highest BCUT2D eigenvalue weighted by molar-refractivity contribution is 5.92. The predicted octanol–water partition coefficient (Wildman–Crippen LogP) is 3.60. The lowest BCUT2D eigenvalue weighted by Crippen LogP contribution is -2.30. The van der Waals surface area contributed by atoms with Crippen LogP contribution in [0, 0.1) is 5.92 Å². The Bertz CT molecular complexity index is 537. The Labute approximate surface area is 120 Å². The van der Waals surface area contributed by atoms with Gasteiger partial charge in [-0.25, -0.2) is 0 Å². The number of amides is 1. The minimum atomic E-state index is -0.125. The maximum Gasteiger partial charge on any atom is 0.270 e. The summed E-state index contributed by atoms with van der Waals surface area (Å²) in [4.78, 5) is 16.3. The quantitative estimate of drug-likeness (QED) is 0.900. The zero-order valence-electron chi connectivity index (χ0n) is 11.9. The maximum atomic E-state index is 12.2. The topological polar surface area (TPSA) is 42.0 Å². The number of hydrogen-bond donors (Lipinski definition) is 1. The number of carbonyl (C=O) groups excluding carboxylic acids is 1. The standard InChI is InChI=1S/C17H20N2O/c1-13(2)12-16(14-8-4-3-5-9-14)19-17(20)15-10-6-7-11-18-15/h3-11,13,16H,12H2,1-2H3,(H,19,20)/t16-/m0/s1. The first-order valence-electron chi connectivity index (χ1n) is 6.93. The average molecular weight is 268 g/mol. The molecule has 3 nitrogen and oxygen atoms in total. The molecule has 0 saturated carbocycles. The van der Waals surface area contributed by atoms with Gasteiger partial charge in [0, 0.05) is 6.20 Å². The van der Waals surface area contributed by atoms with E-state index in [2.05, 4.69) is 24.1 Å². The summed E-state index contributed by atoms with van der Waals surface area (Å²) in [7, 11) is 0. The Morgan fingerprint density at radius 1 is 1.10 bits per heavy atom. The lowest BCUT2D eigenvalue weighted by molar-refractivity contribution is 0.0927. The van der Waals surface area contributed by atoms with E-state index in [1.807, 2.05) is 36.4 Å². The molecule has 0 saturated heterocycles. The Hall–Kier alpha value is -2.16. The molecular weight excluding hydrogens is 248 g/mol. The molecule has 1 heterocycles. The van der Waals surface area contributed by atoms with Gasteiger partial charge in [0.15, 0.2) is 0 Å². The zero-order valence-corrected chi connectivity index (χ0v) is 11.9. The summed E-state index contributed by atoms with van der Waals surface area (Å²) < 4.78 is 0. The molecular formula is C17H20N2O. The van der Waals surface area contributed by atoms with E-state index in [0.717, 1.165) is 12.0 Å². The van der Waals surface area contributed by atoms with E-state index in [4.69, 9.17) is 0 Å². The zero-order chi connectivity index (χ0) is 14.4. The van der Waals surface area contributed by atoms with Crippen LogP contribution in [0.5, 0.6) is 0 Å². The van der Waals surface area contributed by atoms with Crippen LogP contribution in [0.2, 0.25) is 0 Å². The molecule has 1 amide bonds. The summed E-state index contributed by atoms with van der Waals surface area (Å²) in [5, 5.41) is 3.08. The van der Waals surface area contributed by atoms with Crippen molar-refractivity contribution in [3.05, 3.63) is 66.0 Å². The highest BCUT2D eigenvalue weighted by Gasteiger charge is 2.17. The van der Waals surface area contributed by atoms with Gasteiger partial charge in [0.1, 0.15) is 5.69 Å². The smallest absolute Gasteiger partial charge is 0.270 e. The number of benzene rings is 1. The van der Waals surface area contributed by atoms with Crippen LogP contribution in [-0.4, -0.2) is 10.9 Å². The first-order valence-corrected chi connectivity index (χ1v) is 6.93. The van der Waals surface area contributed by atoms with Crippen molar-refractivity contribution in [2.75, 3.05) is 0 Å². The minimum absolute atomic E-state index is 0.0192. The molecule has 2 aromatic rings. The second kappa shape index (κ2) is 6.85. The van der Waals surface area contributed by atoms with Crippen LogP contribution >= 0.6 is 0 Å². The lowest BCUT2D eigenvalue weighted by atomic mass is 9.97. The van der Waals surface area contributed by atoms with Crippen molar-refractivity contribution in [3.8, 4) is 0 Å². The second-order valence-electron chi connectivity index (χ2n) is 5.28. The Kier molecular flexibility index (Phi) is 4.88. The summed E-state index contributed by atoms with van der Waals surface area (Å²) in [5.74, 6) is 0.379. The predicted molar refractivity (Wildman–Crippen MR) is 80.3 cm³/mol. The van der Waals surface area contributed by atoms with Gasteiger partial charge in [-0.05, 0) is 30.0 Å². The van der Waals surface area contributed by atoms with Crippen molar-refractivity contribution in [2.24, 2.45) is 5.92 Å². The van der Waals surface area contributed by atoms with Gasteiger partial charge in [0.05, 0.1) is 6.04 Å². The summed E-state index contributed by atoms with van der Waals surface area (Å²) in [6.45, 7) is 4.31. The Balaban J connectivity index is 2.14. The molecule has 0 fully saturated rings. The first kappa shape index (κ1) is 14.3. The molecule has 1 atom stereocenters. The molecule has 20 heavy (non-hydrogen) atoms. The van der Waals surface area contributed by atoms with Crippen LogP contribution in [0.1, 0.15) is 42.4 Å². The summed E-state index contributed by atoms with van der Waals surface area (Å²) in [6.07, 6.45) is 2.54. The summed E-state index contributed by atoms with van der Waals surface area (Å²) in [6, 6.07) is 15.4. The van der Waals surface area contributed by atoms with Gasteiger partial charge in [-0.1, -0.05) is 50.2 Å². The van der Waals surface area contributed by atoms with E-state index in [1.54, 1.807) is 18.3 Å². The van der Waals surface area contributed by atoms with E-state index >= 15 is 0 Å². The number of nitrogens with zero attached hydrogens (tertiary/aromatic N) is 1. The molecule has 0 spiro atoms. The molecule has 0 aliphatic rings. The van der Waals surface area contributed by atoms with E-state index in [-0.39, 0.29) is 11.9 Å². The van der Waals surface area contributed by atoms with Gasteiger partial charge in [-0.2, -0.15) is 0 Å². The number of hydrogen-bond acceptors (Lipinski definition) is 2. The van der Waals surface area contributed by atoms with Crippen LogP contribution in [-0.2, 0) is 0 Å². The van der Waals surface area contributed by atoms with E-state index < -0.39 is 0 Å². The van der Waals surface area contributed by atoms with Gasteiger partial charge in [0.2, 0.25) is 0 Å². The highest BCUT2D eigenvalue weighted by Crippen LogP contribution is 2.21. The van der Waals surface area contributed by atoms with Gasteiger partial charge >= 0.3 is 0 Å². The third kappa shape index (κ3) is 3.92. The van der Waals surface area contributed by atoms with Crippen molar-refractivity contribution in [2.45, 2.75) is 26.3 Å². The number of rotatable bonds is 5. The molecule has 1 aromatic carbocycles. The molecule has 0 radical (unpaired) electrons. The number of carbonyl (C=O) groups is 1. The van der Waals surface area contributed by atoms with E-state index in [1.165, 1.54) is 0 Å². The summed E-state index contributed by atoms with van der Waals surface area (Å²) in [5.41, 5.74) is 1.59. The molecule has 104 valence electrons. The minimum Gasteiger partial charge on any atom is -0.344 e. The van der Waals surface area contributed by atoms with Gasteiger partial charge in [-0.15, -0.1) is 0 Å². The molecule has 0 unspecified atom stereocenters. The number of aromatic nitrogens is 1. The van der Waals surface area contributed by atoms with Crippen LogP contribution in [0.15, 0.2) is 54.7 Å². The second-order valence-corrected chi connectivity index (χ2v) is 5.28. The number of pyridine rings is 1. The molecule has 1 aromatic heterocycles. The normalized spacial score (nSPS) is 12.2. The molecule has 0 aliphatic carbocycles. The molecule has 2 rings (SSSR count). The lowest BCUT2D eigenvalue weighted by Gasteiger charge is -2.21. The van der Waals surface area contributed by atoms with Crippen LogP contribution in [0.3, 0.4) is 0 Å². The maximum absolute atomic E-state index is 12.2. The molecule has 3 heteroatoms. The van der Waals surface area contributed by atoms with Crippen molar-refractivity contribution in [3.63, 3.8) is 0 Å². The van der Waals surface area contributed by atoms with Crippen molar-refractivity contribution in [1.29, 1.82) is 0 Å².